The van der Waals surface area contributed by atoms with Gasteiger partial charge in [-0.1, -0.05) is 35.9 Å². The summed E-state index contributed by atoms with van der Waals surface area (Å²) in [4.78, 5) is 2.12. The summed E-state index contributed by atoms with van der Waals surface area (Å²) in [5.74, 6) is 0.856. The van der Waals surface area contributed by atoms with Crippen LogP contribution in [0.2, 0.25) is 5.02 Å². The van der Waals surface area contributed by atoms with Crippen LogP contribution in [-0.4, -0.2) is 40.1 Å². The molecular formula is C18H19ClN2O4S. The average Bonchev–Trinajstić information content (AvgIpc) is 2.94. The van der Waals surface area contributed by atoms with Crippen molar-refractivity contribution in [1.82, 2.24) is 9.62 Å². The summed E-state index contributed by atoms with van der Waals surface area (Å²) in [5, 5.41) is 0.113. The second-order valence-electron chi connectivity index (χ2n) is 6.41. The number of sulfonamides is 1. The van der Waals surface area contributed by atoms with Crippen LogP contribution >= 0.6 is 11.6 Å². The van der Waals surface area contributed by atoms with Crippen molar-refractivity contribution >= 4 is 21.6 Å². The first-order chi connectivity index (χ1) is 12.5. The van der Waals surface area contributed by atoms with Gasteiger partial charge in [0.2, 0.25) is 10.0 Å². The van der Waals surface area contributed by atoms with E-state index in [1.165, 1.54) is 17.7 Å². The second-order valence-corrected chi connectivity index (χ2v) is 8.55. The number of fused-ring (bicyclic) bond motifs is 2. The lowest BCUT2D eigenvalue weighted by Gasteiger charge is -2.22. The number of halogens is 1. The highest BCUT2D eigenvalue weighted by atomic mass is 35.5. The summed E-state index contributed by atoms with van der Waals surface area (Å²) < 4.78 is 39.2. The van der Waals surface area contributed by atoms with Gasteiger partial charge in [0.15, 0.2) is 11.5 Å². The normalized spacial score (nSPS) is 19.4. The van der Waals surface area contributed by atoms with Crippen molar-refractivity contribution in [3.63, 3.8) is 0 Å². The number of rotatable bonds is 4. The zero-order chi connectivity index (χ0) is 18.3. The van der Waals surface area contributed by atoms with E-state index in [0.717, 1.165) is 12.1 Å². The van der Waals surface area contributed by atoms with Crippen LogP contribution in [0.4, 0.5) is 0 Å². The maximum absolute atomic E-state index is 12.8. The molecule has 6 nitrogen and oxygen atoms in total. The monoisotopic (exact) mass is 394 g/mol. The highest BCUT2D eigenvalue weighted by Gasteiger charge is 2.29. The minimum atomic E-state index is -3.78. The quantitative estimate of drug-likeness (QED) is 0.863. The summed E-state index contributed by atoms with van der Waals surface area (Å²) in [6, 6.07) is 11.0. The number of hydrogen-bond donors (Lipinski definition) is 1. The molecule has 8 heteroatoms. The van der Waals surface area contributed by atoms with Crippen molar-refractivity contribution in [1.29, 1.82) is 0 Å². The molecule has 0 bridgehead atoms. The highest BCUT2D eigenvalue weighted by Crippen LogP contribution is 2.37. The van der Waals surface area contributed by atoms with E-state index in [0.29, 0.717) is 24.7 Å². The molecule has 0 amide bonds. The van der Waals surface area contributed by atoms with E-state index in [4.69, 9.17) is 21.1 Å². The molecule has 0 saturated heterocycles. The Bertz CT molecular complexity index is 948. The second kappa shape index (κ2) is 6.74. The highest BCUT2D eigenvalue weighted by molar-refractivity contribution is 7.89. The molecule has 2 aromatic rings. The van der Waals surface area contributed by atoms with Crippen molar-refractivity contribution in [3.05, 3.63) is 52.5 Å². The molecule has 2 aliphatic heterocycles. The lowest BCUT2D eigenvalue weighted by atomic mass is 10.1. The molecule has 0 radical (unpaired) electrons. The van der Waals surface area contributed by atoms with Gasteiger partial charge in [-0.3, -0.25) is 4.90 Å². The smallest absolute Gasteiger partial charge is 0.242 e. The average molecular weight is 395 g/mol. The first-order valence-electron chi connectivity index (χ1n) is 8.32. The van der Waals surface area contributed by atoms with E-state index in [1.54, 1.807) is 0 Å². The minimum Gasteiger partial charge on any atom is -0.486 e. The van der Waals surface area contributed by atoms with Crippen LogP contribution in [0, 0.1) is 0 Å². The molecule has 0 fully saturated rings. The van der Waals surface area contributed by atoms with Crippen LogP contribution in [0.25, 0.3) is 0 Å². The van der Waals surface area contributed by atoms with Crippen molar-refractivity contribution in [2.75, 3.05) is 26.8 Å². The van der Waals surface area contributed by atoms with Crippen molar-refractivity contribution < 1.29 is 17.9 Å². The number of hydrogen-bond acceptors (Lipinski definition) is 5. The van der Waals surface area contributed by atoms with Crippen LogP contribution in [0.15, 0.2) is 41.3 Å². The molecule has 26 heavy (non-hydrogen) atoms. The van der Waals surface area contributed by atoms with Crippen LogP contribution < -0.4 is 14.2 Å². The Balaban J connectivity index is 1.57. The van der Waals surface area contributed by atoms with Gasteiger partial charge >= 0.3 is 0 Å². The first kappa shape index (κ1) is 17.6. The molecule has 1 N–H and O–H groups in total. The zero-order valence-electron chi connectivity index (χ0n) is 14.2. The maximum Gasteiger partial charge on any atom is 0.242 e. The minimum absolute atomic E-state index is 0.00245. The van der Waals surface area contributed by atoms with E-state index < -0.39 is 10.0 Å². The van der Waals surface area contributed by atoms with Crippen LogP contribution in [0.5, 0.6) is 11.5 Å². The standard InChI is InChI=1S/C18H19ClN2O4S/c1-21-11-12-4-2-3-5-13(12)15(21)10-20-26(22,23)18-9-17-16(8-14(18)19)24-6-7-25-17/h2-5,8-9,15,20H,6-7,10-11H2,1H3. The Morgan fingerprint density at radius 1 is 1.19 bits per heavy atom. The van der Waals surface area contributed by atoms with Gasteiger partial charge in [-0.15, -0.1) is 0 Å². The number of ether oxygens (including phenoxy) is 2. The molecule has 0 saturated carbocycles. The Hall–Kier alpha value is -1.80. The van der Waals surface area contributed by atoms with Crippen LogP contribution in [0.3, 0.4) is 0 Å². The Labute approximate surface area is 157 Å². The van der Waals surface area contributed by atoms with Crippen molar-refractivity contribution in [3.8, 4) is 11.5 Å². The lowest BCUT2D eigenvalue weighted by Crippen LogP contribution is -2.33. The van der Waals surface area contributed by atoms with Gasteiger partial charge < -0.3 is 9.47 Å². The van der Waals surface area contributed by atoms with Gasteiger partial charge in [0.05, 0.1) is 5.02 Å². The molecule has 0 aliphatic carbocycles. The Morgan fingerprint density at radius 3 is 2.65 bits per heavy atom. The lowest BCUT2D eigenvalue weighted by molar-refractivity contribution is 0.171. The van der Waals surface area contributed by atoms with Gasteiger partial charge in [0.25, 0.3) is 0 Å². The maximum atomic E-state index is 12.8. The number of likely N-dealkylation sites (N-methyl/N-ethyl adjacent to an activating group) is 1. The summed E-state index contributed by atoms with van der Waals surface area (Å²) in [6.07, 6.45) is 0. The fraction of sp³-hybridized carbons (Fsp3) is 0.333. The van der Waals surface area contributed by atoms with E-state index in [1.807, 2.05) is 25.2 Å². The third-order valence-electron chi connectivity index (χ3n) is 4.72. The fourth-order valence-corrected chi connectivity index (χ4v) is 4.97. The van der Waals surface area contributed by atoms with Gasteiger partial charge in [0.1, 0.15) is 18.1 Å². The van der Waals surface area contributed by atoms with Gasteiger partial charge in [0, 0.05) is 31.3 Å². The van der Waals surface area contributed by atoms with Crippen molar-refractivity contribution in [2.24, 2.45) is 0 Å². The summed E-state index contributed by atoms with van der Waals surface area (Å²) in [7, 11) is -1.80. The molecule has 2 aromatic carbocycles. The third kappa shape index (κ3) is 3.16. The molecule has 1 unspecified atom stereocenters. The fourth-order valence-electron chi connectivity index (χ4n) is 3.40. The van der Waals surface area contributed by atoms with E-state index in [-0.39, 0.29) is 22.5 Å². The Kier molecular flexibility index (Phi) is 4.56. The van der Waals surface area contributed by atoms with Crippen molar-refractivity contribution in [2.45, 2.75) is 17.5 Å². The van der Waals surface area contributed by atoms with Gasteiger partial charge in [-0.2, -0.15) is 0 Å². The van der Waals surface area contributed by atoms with E-state index in [2.05, 4.69) is 15.7 Å². The van der Waals surface area contributed by atoms with E-state index >= 15 is 0 Å². The predicted molar refractivity (Wildman–Crippen MR) is 98.3 cm³/mol. The van der Waals surface area contributed by atoms with Crippen LogP contribution in [-0.2, 0) is 16.6 Å². The topological polar surface area (TPSA) is 67.9 Å². The number of benzene rings is 2. The first-order valence-corrected chi connectivity index (χ1v) is 10.2. The molecule has 2 aliphatic rings. The summed E-state index contributed by atoms with van der Waals surface area (Å²) in [6.45, 7) is 1.86. The largest absolute Gasteiger partial charge is 0.486 e. The zero-order valence-corrected chi connectivity index (χ0v) is 15.8. The molecule has 0 spiro atoms. The predicted octanol–water partition coefficient (Wildman–Crippen LogP) is 2.58. The number of nitrogens with one attached hydrogen (secondary N) is 1. The summed E-state index contributed by atoms with van der Waals surface area (Å²) >= 11 is 6.19. The molecule has 4 rings (SSSR count). The molecule has 1 atom stereocenters. The van der Waals surface area contributed by atoms with Gasteiger partial charge in [-0.05, 0) is 18.2 Å². The molecular weight excluding hydrogens is 376 g/mol. The van der Waals surface area contributed by atoms with Gasteiger partial charge in [-0.25, -0.2) is 13.1 Å². The Morgan fingerprint density at radius 2 is 1.88 bits per heavy atom. The SMILES string of the molecule is CN1Cc2ccccc2C1CNS(=O)(=O)c1cc2c(cc1Cl)OCCO2. The summed E-state index contributed by atoms with van der Waals surface area (Å²) in [5.41, 5.74) is 2.36. The van der Waals surface area contributed by atoms with E-state index in [9.17, 15) is 8.42 Å². The van der Waals surface area contributed by atoms with Crippen LogP contribution in [0.1, 0.15) is 17.2 Å². The third-order valence-corrected chi connectivity index (χ3v) is 6.61. The molecule has 138 valence electrons. The molecule has 0 aromatic heterocycles. The number of nitrogens with zero attached hydrogens (tertiary/aromatic N) is 1. The molecule has 2 heterocycles.